The Kier molecular flexibility index (Phi) is 3.81. The summed E-state index contributed by atoms with van der Waals surface area (Å²) in [6.45, 7) is 2.98. The van der Waals surface area contributed by atoms with E-state index < -0.39 is 6.10 Å². The van der Waals surface area contributed by atoms with E-state index >= 15 is 0 Å². The summed E-state index contributed by atoms with van der Waals surface area (Å²) in [6, 6.07) is 0. The zero-order chi connectivity index (χ0) is 12.4. The van der Waals surface area contributed by atoms with E-state index in [1.807, 2.05) is 6.92 Å². The van der Waals surface area contributed by atoms with Gasteiger partial charge >= 0.3 is 0 Å². The fourth-order valence-electron chi connectivity index (χ4n) is 2.07. The quantitative estimate of drug-likeness (QED) is 0.824. The first-order chi connectivity index (χ1) is 8.17. The van der Waals surface area contributed by atoms with E-state index in [4.69, 9.17) is 22.1 Å². The smallest absolute Gasteiger partial charge is 0.211 e. The number of aryl methyl sites for hydroxylation is 1. The normalized spacial score (nSPS) is 24.2. The molecule has 2 atom stereocenters. The molecule has 0 saturated carbocycles. The first-order valence-electron chi connectivity index (χ1n) is 5.78. The third-order valence-corrected chi connectivity index (χ3v) is 3.27. The Hall–Kier alpha value is -0.910. The van der Waals surface area contributed by atoms with Crippen molar-refractivity contribution < 1.29 is 9.53 Å². The number of ketones is 1. The van der Waals surface area contributed by atoms with E-state index in [1.54, 1.807) is 4.68 Å². The molecule has 5 nitrogen and oxygen atoms in total. The van der Waals surface area contributed by atoms with Gasteiger partial charge in [-0.25, -0.2) is 0 Å². The van der Waals surface area contributed by atoms with Crippen LogP contribution in [0.15, 0.2) is 6.20 Å². The van der Waals surface area contributed by atoms with Crippen molar-refractivity contribution >= 4 is 17.4 Å². The van der Waals surface area contributed by atoms with Gasteiger partial charge in [-0.3, -0.25) is 9.48 Å². The van der Waals surface area contributed by atoms with Crippen molar-refractivity contribution in [2.24, 2.45) is 5.73 Å². The molecule has 0 spiro atoms. The van der Waals surface area contributed by atoms with Crippen LogP contribution < -0.4 is 5.73 Å². The monoisotopic (exact) mass is 257 g/mol. The second kappa shape index (κ2) is 5.16. The van der Waals surface area contributed by atoms with Gasteiger partial charge in [0.05, 0.1) is 17.3 Å². The molecule has 1 aliphatic heterocycles. The van der Waals surface area contributed by atoms with Gasteiger partial charge in [-0.05, 0) is 19.8 Å². The van der Waals surface area contributed by atoms with Crippen LogP contribution in [0.25, 0.3) is 0 Å². The van der Waals surface area contributed by atoms with Gasteiger partial charge in [0.2, 0.25) is 5.78 Å². The molecular formula is C11H16ClN3O2. The van der Waals surface area contributed by atoms with E-state index in [0.717, 1.165) is 6.42 Å². The molecule has 0 aliphatic carbocycles. The van der Waals surface area contributed by atoms with Crippen molar-refractivity contribution in [3.8, 4) is 0 Å². The van der Waals surface area contributed by atoms with Crippen LogP contribution in [-0.4, -0.2) is 34.3 Å². The van der Waals surface area contributed by atoms with Gasteiger partial charge in [0.1, 0.15) is 11.8 Å². The molecule has 1 aromatic heterocycles. The Morgan fingerprint density at radius 1 is 1.71 bits per heavy atom. The van der Waals surface area contributed by atoms with Crippen LogP contribution in [-0.2, 0) is 11.3 Å². The molecule has 0 aromatic carbocycles. The molecule has 2 rings (SSSR count). The number of rotatable bonds is 4. The molecule has 1 fully saturated rings. The predicted octanol–water partition coefficient (Wildman–Crippen LogP) is 1.25. The van der Waals surface area contributed by atoms with Crippen LogP contribution in [0.4, 0.5) is 0 Å². The number of nitrogens with zero attached hydrogens (tertiary/aromatic N) is 2. The Morgan fingerprint density at radius 3 is 3.06 bits per heavy atom. The number of nitrogens with two attached hydrogens (primary N) is 1. The summed E-state index contributed by atoms with van der Waals surface area (Å²) >= 11 is 5.98. The topological polar surface area (TPSA) is 70.1 Å². The van der Waals surface area contributed by atoms with Crippen molar-refractivity contribution in [2.45, 2.75) is 38.5 Å². The lowest BCUT2D eigenvalue weighted by atomic mass is 10.1. The second-order valence-electron chi connectivity index (χ2n) is 4.08. The molecular weight excluding hydrogens is 242 g/mol. The summed E-state index contributed by atoms with van der Waals surface area (Å²) in [7, 11) is 0. The average molecular weight is 258 g/mol. The number of carbonyl (C=O) groups is 1. The summed E-state index contributed by atoms with van der Waals surface area (Å²) in [6.07, 6.45) is 2.58. The summed E-state index contributed by atoms with van der Waals surface area (Å²) in [5.41, 5.74) is 5.96. The highest BCUT2D eigenvalue weighted by molar-refractivity contribution is 6.33. The highest BCUT2D eigenvalue weighted by atomic mass is 35.5. The zero-order valence-corrected chi connectivity index (χ0v) is 10.5. The SMILES string of the molecule is CCn1ncc(Cl)c1C(=O)C1CCC(CN)O1. The maximum atomic E-state index is 12.3. The number of halogens is 1. The minimum absolute atomic E-state index is 0.0132. The van der Waals surface area contributed by atoms with Crippen LogP contribution in [0.2, 0.25) is 5.02 Å². The predicted molar refractivity (Wildman–Crippen MR) is 64.2 cm³/mol. The largest absolute Gasteiger partial charge is 0.365 e. The molecule has 2 unspecified atom stereocenters. The van der Waals surface area contributed by atoms with E-state index in [2.05, 4.69) is 5.10 Å². The Balaban J connectivity index is 2.17. The van der Waals surface area contributed by atoms with Crippen LogP contribution >= 0.6 is 11.6 Å². The molecule has 2 N–H and O–H groups in total. The number of hydrogen-bond acceptors (Lipinski definition) is 4. The van der Waals surface area contributed by atoms with E-state index in [-0.39, 0.29) is 11.9 Å². The van der Waals surface area contributed by atoms with Gasteiger partial charge in [0.25, 0.3) is 0 Å². The molecule has 17 heavy (non-hydrogen) atoms. The number of Topliss-reactive ketones (excluding diaryl/α,β-unsaturated/α-hetero) is 1. The van der Waals surface area contributed by atoms with Gasteiger partial charge in [-0.15, -0.1) is 0 Å². The van der Waals surface area contributed by atoms with Crippen molar-refractivity contribution in [2.75, 3.05) is 6.54 Å². The first kappa shape index (κ1) is 12.5. The molecule has 0 amide bonds. The van der Waals surface area contributed by atoms with E-state index in [0.29, 0.717) is 30.2 Å². The summed E-state index contributed by atoms with van der Waals surface area (Å²) in [5, 5.41) is 4.44. The van der Waals surface area contributed by atoms with Crippen molar-refractivity contribution in [1.29, 1.82) is 0 Å². The molecule has 1 saturated heterocycles. The average Bonchev–Trinajstić information content (AvgIpc) is 2.94. The number of ether oxygens (including phenoxy) is 1. The number of aromatic nitrogens is 2. The Labute approximate surface area is 105 Å². The summed E-state index contributed by atoms with van der Waals surface area (Å²) in [4.78, 5) is 12.3. The standard InChI is InChI=1S/C11H16ClN3O2/c1-2-15-10(8(12)6-14-15)11(16)9-4-3-7(5-13)17-9/h6-7,9H,2-5,13H2,1H3. The fourth-order valence-corrected chi connectivity index (χ4v) is 2.31. The van der Waals surface area contributed by atoms with Gasteiger partial charge < -0.3 is 10.5 Å². The minimum atomic E-state index is -0.428. The van der Waals surface area contributed by atoms with Gasteiger partial charge in [-0.2, -0.15) is 5.10 Å². The third kappa shape index (κ3) is 2.36. The maximum absolute atomic E-state index is 12.3. The molecule has 0 bridgehead atoms. The lowest BCUT2D eigenvalue weighted by Crippen LogP contribution is -2.27. The third-order valence-electron chi connectivity index (χ3n) is 2.99. The van der Waals surface area contributed by atoms with Gasteiger partial charge in [0, 0.05) is 13.1 Å². The fraction of sp³-hybridized carbons (Fsp3) is 0.636. The van der Waals surface area contributed by atoms with Crippen LogP contribution in [0.1, 0.15) is 30.3 Å². The van der Waals surface area contributed by atoms with Gasteiger partial charge in [-0.1, -0.05) is 11.6 Å². The molecule has 0 radical (unpaired) electrons. The van der Waals surface area contributed by atoms with Crippen molar-refractivity contribution in [3.63, 3.8) is 0 Å². The Morgan fingerprint density at radius 2 is 2.47 bits per heavy atom. The molecule has 6 heteroatoms. The lowest BCUT2D eigenvalue weighted by Gasteiger charge is -2.12. The maximum Gasteiger partial charge on any atom is 0.211 e. The van der Waals surface area contributed by atoms with Gasteiger partial charge in [0.15, 0.2) is 0 Å². The highest BCUT2D eigenvalue weighted by Crippen LogP contribution is 2.25. The van der Waals surface area contributed by atoms with E-state index in [9.17, 15) is 4.79 Å². The number of hydrogen-bond donors (Lipinski definition) is 1. The molecule has 1 aromatic rings. The zero-order valence-electron chi connectivity index (χ0n) is 9.73. The minimum Gasteiger partial charge on any atom is -0.365 e. The van der Waals surface area contributed by atoms with E-state index in [1.165, 1.54) is 6.20 Å². The van der Waals surface area contributed by atoms with Crippen molar-refractivity contribution in [3.05, 3.63) is 16.9 Å². The highest BCUT2D eigenvalue weighted by Gasteiger charge is 2.33. The van der Waals surface area contributed by atoms with Crippen LogP contribution in [0, 0.1) is 0 Å². The summed E-state index contributed by atoms with van der Waals surface area (Å²) < 4.78 is 7.18. The lowest BCUT2D eigenvalue weighted by molar-refractivity contribution is 0.0396. The van der Waals surface area contributed by atoms with Crippen LogP contribution in [0.5, 0.6) is 0 Å². The number of carbonyl (C=O) groups excluding carboxylic acids is 1. The Bertz CT molecular complexity index is 419. The molecule has 94 valence electrons. The second-order valence-corrected chi connectivity index (χ2v) is 4.49. The summed E-state index contributed by atoms with van der Waals surface area (Å²) in [5.74, 6) is -0.0923. The van der Waals surface area contributed by atoms with Crippen molar-refractivity contribution in [1.82, 2.24) is 9.78 Å². The molecule has 1 aliphatic rings. The molecule has 2 heterocycles. The van der Waals surface area contributed by atoms with Crippen LogP contribution in [0.3, 0.4) is 0 Å². The first-order valence-corrected chi connectivity index (χ1v) is 6.16.